The molecule has 2 aromatic rings. The molecule has 0 amide bonds. The second kappa shape index (κ2) is 3.40. The molecule has 1 aliphatic rings. The molecule has 0 bridgehead atoms. The van der Waals surface area contributed by atoms with Gasteiger partial charge in [0.25, 0.3) is 0 Å². The Bertz CT molecular complexity index is 591. The minimum Gasteiger partial charge on any atom is -0.320 e. The number of nitrogens with zero attached hydrogens (tertiary/aromatic N) is 1. The lowest BCUT2D eigenvalue weighted by Gasteiger charge is -2.14. The number of aromatic nitrogens is 1. The lowest BCUT2D eigenvalue weighted by molar-refractivity contribution is 0.551. The quantitative estimate of drug-likeness (QED) is 0.714. The molecule has 0 aliphatic heterocycles. The van der Waals surface area contributed by atoms with Gasteiger partial charge in [-0.1, -0.05) is 17.7 Å². The summed E-state index contributed by atoms with van der Waals surface area (Å²) in [6, 6.07) is 6.61. The largest absolute Gasteiger partial charge is 0.320 e. The Morgan fingerprint density at radius 1 is 1.35 bits per heavy atom. The predicted octanol–water partition coefficient (Wildman–Crippen LogP) is 3.22. The van der Waals surface area contributed by atoms with Gasteiger partial charge in [-0.3, -0.25) is 0 Å². The number of hydrogen-bond donors (Lipinski definition) is 1. The molecular formula is C14H16N2S. The lowest BCUT2D eigenvalue weighted by Crippen LogP contribution is -2.28. The van der Waals surface area contributed by atoms with Crippen LogP contribution in [-0.2, 0) is 12.0 Å². The first-order chi connectivity index (χ1) is 7.95. The molecule has 2 N–H and O–H groups in total. The topological polar surface area (TPSA) is 38.9 Å². The zero-order chi connectivity index (χ0) is 12.2. The van der Waals surface area contributed by atoms with Crippen LogP contribution in [0.4, 0.5) is 0 Å². The molecule has 1 heterocycles. The molecule has 0 fully saturated rings. The third-order valence-corrected chi connectivity index (χ3v) is 4.51. The summed E-state index contributed by atoms with van der Waals surface area (Å²) in [5.41, 5.74) is 10.9. The van der Waals surface area contributed by atoms with Crippen LogP contribution in [0.1, 0.15) is 34.9 Å². The van der Waals surface area contributed by atoms with Crippen LogP contribution in [0.3, 0.4) is 0 Å². The van der Waals surface area contributed by atoms with Crippen molar-refractivity contribution in [1.82, 2.24) is 4.98 Å². The first kappa shape index (κ1) is 10.9. The van der Waals surface area contributed by atoms with E-state index in [0.29, 0.717) is 0 Å². The van der Waals surface area contributed by atoms with Crippen LogP contribution in [0.2, 0.25) is 0 Å². The fourth-order valence-corrected chi connectivity index (χ4v) is 3.31. The second-order valence-corrected chi connectivity index (χ2v) is 6.43. The molecule has 0 spiro atoms. The van der Waals surface area contributed by atoms with Gasteiger partial charge in [-0.15, -0.1) is 11.3 Å². The van der Waals surface area contributed by atoms with Crippen molar-refractivity contribution in [2.24, 2.45) is 5.73 Å². The molecule has 0 saturated heterocycles. The van der Waals surface area contributed by atoms with Gasteiger partial charge in [-0.05, 0) is 32.4 Å². The van der Waals surface area contributed by atoms with Gasteiger partial charge in [0.05, 0.1) is 11.2 Å². The van der Waals surface area contributed by atoms with Gasteiger partial charge in [-0.25, -0.2) is 4.98 Å². The van der Waals surface area contributed by atoms with Crippen molar-refractivity contribution < 1.29 is 0 Å². The zero-order valence-corrected chi connectivity index (χ0v) is 11.2. The average molecular weight is 244 g/mol. The van der Waals surface area contributed by atoms with Gasteiger partial charge in [0.15, 0.2) is 0 Å². The van der Waals surface area contributed by atoms with Crippen molar-refractivity contribution >= 4 is 11.3 Å². The molecule has 1 aliphatic carbocycles. The maximum atomic E-state index is 6.12. The van der Waals surface area contributed by atoms with Crippen molar-refractivity contribution in [2.45, 2.75) is 32.7 Å². The van der Waals surface area contributed by atoms with E-state index in [-0.39, 0.29) is 5.54 Å². The van der Waals surface area contributed by atoms with Gasteiger partial charge >= 0.3 is 0 Å². The summed E-state index contributed by atoms with van der Waals surface area (Å²) < 4.78 is 0. The summed E-state index contributed by atoms with van der Waals surface area (Å²) in [5.74, 6) is 0. The van der Waals surface area contributed by atoms with Crippen LogP contribution in [0.15, 0.2) is 18.2 Å². The van der Waals surface area contributed by atoms with E-state index in [1.807, 2.05) is 13.8 Å². The molecule has 3 rings (SSSR count). The molecule has 2 nitrogen and oxygen atoms in total. The van der Waals surface area contributed by atoms with Crippen LogP contribution >= 0.6 is 11.3 Å². The number of rotatable bonds is 1. The van der Waals surface area contributed by atoms with Crippen LogP contribution in [0, 0.1) is 6.92 Å². The Balaban J connectivity index is 2.15. The number of thiazole rings is 1. The summed E-state index contributed by atoms with van der Waals surface area (Å²) in [5, 5.41) is 1.04. The fourth-order valence-electron chi connectivity index (χ4n) is 2.20. The highest BCUT2D eigenvalue weighted by Crippen LogP contribution is 2.41. The highest BCUT2D eigenvalue weighted by atomic mass is 32.1. The summed E-state index contributed by atoms with van der Waals surface area (Å²) in [7, 11) is 0. The van der Waals surface area contributed by atoms with E-state index in [4.69, 9.17) is 10.7 Å². The molecule has 1 aromatic carbocycles. The molecule has 3 heteroatoms. The molecular weight excluding hydrogens is 228 g/mol. The molecule has 17 heavy (non-hydrogen) atoms. The summed E-state index contributed by atoms with van der Waals surface area (Å²) in [4.78, 5) is 6.10. The number of aryl methyl sites for hydroxylation is 1. The molecule has 0 radical (unpaired) electrons. The van der Waals surface area contributed by atoms with Crippen LogP contribution < -0.4 is 5.73 Å². The minimum absolute atomic E-state index is 0.334. The van der Waals surface area contributed by atoms with Gasteiger partial charge in [0, 0.05) is 16.9 Å². The number of fused-ring (bicyclic) bond motifs is 3. The second-order valence-electron chi connectivity index (χ2n) is 5.35. The zero-order valence-electron chi connectivity index (χ0n) is 10.4. The van der Waals surface area contributed by atoms with Crippen LogP contribution in [-0.4, -0.2) is 4.98 Å². The van der Waals surface area contributed by atoms with Gasteiger partial charge in [0.2, 0.25) is 0 Å². The third kappa shape index (κ3) is 1.70. The van der Waals surface area contributed by atoms with Crippen molar-refractivity contribution in [2.75, 3.05) is 0 Å². The van der Waals surface area contributed by atoms with Gasteiger partial charge < -0.3 is 5.73 Å². The Hall–Kier alpha value is -1.19. The van der Waals surface area contributed by atoms with E-state index in [1.165, 1.54) is 21.6 Å². The first-order valence-electron chi connectivity index (χ1n) is 5.84. The maximum Gasteiger partial charge on any atom is 0.113 e. The SMILES string of the molecule is Cc1ccc2c(c1)-c1nc(C(C)(C)N)sc1C2. The van der Waals surface area contributed by atoms with Gasteiger partial charge in [0.1, 0.15) is 5.01 Å². The van der Waals surface area contributed by atoms with E-state index < -0.39 is 0 Å². The van der Waals surface area contributed by atoms with Crippen molar-refractivity contribution in [3.05, 3.63) is 39.2 Å². The third-order valence-electron chi connectivity index (χ3n) is 3.12. The van der Waals surface area contributed by atoms with Crippen LogP contribution in [0.25, 0.3) is 11.3 Å². The highest BCUT2D eigenvalue weighted by Gasteiger charge is 2.27. The number of hydrogen-bond acceptors (Lipinski definition) is 3. The van der Waals surface area contributed by atoms with E-state index in [0.717, 1.165) is 17.1 Å². The van der Waals surface area contributed by atoms with Crippen molar-refractivity contribution in [3.8, 4) is 11.3 Å². The standard InChI is InChI=1S/C14H16N2S/c1-8-4-5-9-7-11-12(10(9)6-8)16-13(17-11)14(2,3)15/h4-6H,7,15H2,1-3H3. The van der Waals surface area contributed by atoms with Crippen LogP contribution in [0.5, 0.6) is 0 Å². The Morgan fingerprint density at radius 2 is 2.12 bits per heavy atom. The van der Waals surface area contributed by atoms with E-state index in [1.54, 1.807) is 11.3 Å². The van der Waals surface area contributed by atoms with E-state index in [2.05, 4.69) is 25.1 Å². The smallest absolute Gasteiger partial charge is 0.113 e. The maximum absolute atomic E-state index is 6.12. The van der Waals surface area contributed by atoms with E-state index >= 15 is 0 Å². The normalized spacial score (nSPS) is 13.6. The molecule has 1 aromatic heterocycles. The number of nitrogens with two attached hydrogens (primary N) is 1. The predicted molar refractivity (Wildman–Crippen MR) is 72.3 cm³/mol. The Kier molecular flexibility index (Phi) is 2.19. The minimum atomic E-state index is -0.334. The Morgan fingerprint density at radius 3 is 2.82 bits per heavy atom. The van der Waals surface area contributed by atoms with E-state index in [9.17, 15) is 0 Å². The summed E-state index contributed by atoms with van der Waals surface area (Å²) in [6.45, 7) is 6.15. The first-order valence-corrected chi connectivity index (χ1v) is 6.66. The molecule has 0 atom stereocenters. The molecule has 88 valence electrons. The molecule has 0 saturated carbocycles. The monoisotopic (exact) mass is 244 g/mol. The summed E-state index contributed by atoms with van der Waals surface area (Å²) >= 11 is 1.76. The van der Waals surface area contributed by atoms with Gasteiger partial charge in [-0.2, -0.15) is 0 Å². The number of benzene rings is 1. The lowest BCUT2D eigenvalue weighted by atomic mass is 10.1. The van der Waals surface area contributed by atoms with Crippen molar-refractivity contribution in [3.63, 3.8) is 0 Å². The highest BCUT2D eigenvalue weighted by molar-refractivity contribution is 7.12. The fraction of sp³-hybridized carbons (Fsp3) is 0.357. The van der Waals surface area contributed by atoms with Crippen molar-refractivity contribution in [1.29, 1.82) is 0 Å². The Labute approximate surface area is 106 Å². The summed E-state index contributed by atoms with van der Waals surface area (Å²) in [6.07, 6.45) is 1.01. The average Bonchev–Trinajstić information content (AvgIpc) is 2.74. The molecule has 0 unspecified atom stereocenters.